The molecule has 1 aromatic carbocycles. The summed E-state index contributed by atoms with van der Waals surface area (Å²) in [6, 6.07) is 3.56. The molecule has 0 radical (unpaired) electrons. The van der Waals surface area contributed by atoms with Crippen LogP contribution in [0.3, 0.4) is 0 Å². The monoisotopic (exact) mass is 313 g/mol. The Morgan fingerprint density at radius 2 is 2.14 bits per heavy atom. The second kappa shape index (κ2) is 5.82. The fraction of sp³-hybridized carbons (Fsp3) is 0.308. The second-order valence-corrected chi connectivity index (χ2v) is 6.62. The van der Waals surface area contributed by atoms with Crippen molar-refractivity contribution in [1.29, 1.82) is 0 Å². The van der Waals surface area contributed by atoms with E-state index >= 15 is 0 Å². The van der Waals surface area contributed by atoms with E-state index in [0.717, 1.165) is 15.9 Å². The van der Waals surface area contributed by atoms with Gasteiger partial charge in [-0.3, -0.25) is 4.68 Å². The molecule has 0 aliphatic heterocycles. The Labute approximate surface area is 122 Å². The van der Waals surface area contributed by atoms with Crippen LogP contribution in [0.25, 0.3) is 0 Å². The largest absolute Gasteiger partial charge is 0.494 e. The molecule has 1 aromatic heterocycles. The number of nitrogens with zero attached hydrogens (tertiary/aromatic N) is 3. The Morgan fingerprint density at radius 3 is 2.67 bits per heavy atom. The van der Waals surface area contributed by atoms with Gasteiger partial charge in [0.1, 0.15) is 0 Å². The van der Waals surface area contributed by atoms with Crippen molar-refractivity contribution in [2.24, 2.45) is 7.05 Å². The summed E-state index contributed by atoms with van der Waals surface area (Å²) in [5.74, 6) is -0.711. The zero-order valence-electron chi connectivity index (χ0n) is 11.9. The summed E-state index contributed by atoms with van der Waals surface area (Å²) in [5.41, 5.74) is 0.748. The second-order valence-electron chi connectivity index (χ2n) is 4.58. The zero-order valence-corrected chi connectivity index (χ0v) is 12.8. The van der Waals surface area contributed by atoms with Crippen LogP contribution in [0, 0.1) is 5.82 Å². The Balaban J connectivity index is 2.26. The van der Waals surface area contributed by atoms with Gasteiger partial charge in [0.25, 0.3) is 0 Å². The molecule has 0 N–H and O–H groups in total. The van der Waals surface area contributed by atoms with E-state index in [0.29, 0.717) is 0 Å². The fourth-order valence-electron chi connectivity index (χ4n) is 1.88. The lowest BCUT2D eigenvalue weighted by Crippen LogP contribution is -2.26. The third-order valence-electron chi connectivity index (χ3n) is 3.00. The van der Waals surface area contributed by atoms with Crippen LogP contribution in [-0.2, 0) is 23.6 Å². The summed E-state index contributed by atoms with van der Waals surface area (Å²) < 4.78 is 45.9. The maximum Gasteiger partial charge on any atom is 0.243 e. The molecule has 21 heavy (non-hydrogen) atoms. The average Bonchev–Trinajstić information content (AvgIpc) is 2.83. The molecule has 0 amide bonds. The minimum atomic E-state index is -3.77. The summed E-state index contributed by atoms with van der Waals surface area (Å²) in [6.45, 7) is 0.157. The normalized spacial score (nSPS) is 11.9. The van der Waals surface area contributed by atoms with Crippen molar-refractivity contribution in [3.63, 3.8) is 0 Å². The fourth-order valence-corrected chi connectivity index (χ4v) is 3.05. The highest BCUT2D eigenvalue weighted by Crippen LogP contribution is 2.23. The molecule has 0 aliphatic carbocycles. The van der Waals surface area contributed by atoms with Crippen LogP contribution in [0.15, 0.2) is 35.5 Å². The summed E-state index contributed by atoms with van der Waals surface area (Å²) in [6.07, 6.45) is 3.31. The van der Waals surface area contributed by atoms with Crippen molar-refractivity contribution in [1.82, 2.24) is 14.1 Å². The van der Waals surface area contributed by atoms with Gasteiger partial charge in [-0.05, 0) is 18.2 Å². The predicted molar refractivity (Wildman–Crippen MR) is 74.8 cm³/mol. The van der Waals surface area contributed by atoms with Crippen LogP contribution >= 0.6 is 0 Å². The Hall–Kier alpha value is -1.93. The topological polar surface area (TPSA) is 64.4 Å². The number of ether oxygens (including phenoxy) is 1. The summed E-state index contributed by atoms with van der Waals surface area (Å²) >= 11 is 0. The first-order valence-electron chi connectivity index (χ1n) is 6.12. The van der Waals surface area contributed by atoms with Gasteiger partial charge in [0.05, 0.1) is 18.2 Å². The molecule has 0 bridgehead atoms. The van der Waals surface area contributed by atoms with E-state index in [2.05, 4.69) is 5.10 Å². The first-order valence-corrected chi connectivity index (χ1v) is 7.56. The molecule has 0 saturated heterocycles. The number of methoxy groups -OCH3 is 1. The Morgan fingerprint density at radius 1 is 1.43 bits per heavy atom. The summed E-state index contributed by atoms with van der Waals surface area (Å²) in [5, 5.41) is 3.98. The molecule has 0 aliphatic rings. The maximum absolute atomic E-state index is 13.7. The van der Waals surface area contributed by atoms with Crippen molar-refractivity contribution in [2.75, 3.05) is 14.2 Å². The van der Waals surface area contributed by atoms with Gasteiger partial charge in [-0.25, -0.2) is 12.8 Å². The van der Waals surface area contributed by atoms with Crippen molar-refractivity contribution in [2.45, 2.75) is 11.4 Å². The van der Waals surface area contributed by atoms with Crippen LogP contribution in [0.1, 0.15) is 5.56 Å². The molecule has 0 unspecified atom stereocenters. The van der Waals surface area contributed by atoms with Gasteiger partial charge < -0.3 is 4.74 Å². The number of benzene rings is 1. The number of rotatable bonds is 5. The highest BCUT2D eigenvalue weighted by atomic mass is 32.2. The van der Waals surface area contributed by atoms with Crippen LogP contribution < -0.4 is 4.74 Å². The summed E-state index contributed by atoms with van der Waals surface area (Å²) in [4.78, 5) is -0.118. The van der Waals surface area contributed by atoms with Crippen LogP contribution in [0.4, 0.5) is 4.39 Å². The number of aryl methyl sites for hydroxylation is 1. The molecule has 0 spiro atoms. The standard InChI is InChI=1S/C13H16FN3O3S/c1-16-8-10(7-15-16)9-17(2)21(18,19)11-4-5-13(20-3)12(14)6-11/h4-8H,9H2,1-3H3. The Bertz CT molecular complexity index is 743. The van der Waals surface area contributed by atoms with Crippen molar-refractivity contribution >= 4 is 10.0 Å². The lowest BCUT2D eigenvalue weighted by Gasteiger charge is -2.16. The van der Waals surface area contributed by atoms with Crippen molar-refractivity contribution < 1.29 is 17.5 Å². The molecule has 2 aromatic rings. The number of hydrogen-bond acceptors (Lipinski definition) is 4. The Kier molecular flexibility index (Phi) is 4.29. The van der Waals surface area contributed by atoms with Gasteiger partial charge in [-0.2, -0.15) is 9.40 Å². The highest BCUT2D eigenvalue weighted by molar-refractivity contribution is 7.89. The quantitative estimate of drug-likeness (QED) is 0.837. The van der Waals surface area contributed by atoms with E-state index in [1.165, 1.54) is 26.3 Å². The van der Waals surface area contributed by atoms with Gasteiger partial charge in [-0.15, -0.1) is 0 Å². The van der Waals surface area contributed by atoms with Gasteiger partial charge >= 0.3 is 0 Å². The maximum atomic E-state index is 13.7. The van der Waals surface area contributed by atoms with Gasteiger partial charge in [0.2, 0.25) is 10.0 Å². The van der Waals surface area contributed by atoms with Crippen LogP contribution in [0.2, 0.25) is 0 Å². The van der Waals surface area contributed by atoms with Crippen molar-refractivity contribution in [3.8, 4) is 5.75 Å². The highest BCUT2D eigenvalue weighted by Gasteiger charge is 2.22. The van der Waals surface area contributed by atoms with Gasteiger partial charge in [-0.1, -0.05) is 0 Å². The molecule has 0 atom stereocenters. The molecule has 1 heterocycles. The third kappa shape index (κ3) is 3.22. The number of aromatic nitrogens is 2. The van der Waals surface area contributed by atoms with E-state index in [4.69, 9.17) is 4.74 Å². The SMILES string of the molecule is COc1ccc(S(=O)(=O)N(C)Cc2cnn(C)c2)cc1F. The van der Waals surface area contributed by atoms with Crippen molar-refractivity contribution in [3.05, 3.63) is 42.0 Å². The number of halogens is 1. The first kappa shape index (κ1) is 15.5. The predicted octanol–water partition coefficient (Wildman–Crippen LogP) is 1.39. The minimum Gasteiger partial charge on any atom is -0.494 e. The molecule has 114 valence electrons. The van der Waals surface area contributed by atoms with E-state index < -0.39 is 15.8 Å². The number of hydrogen-bond donors (Lipinski definition) is 0. The van der Waals surface area contributed by atoms with Crippen LogP contribution in [-0.4, -0.2) is 36.7 Å². The van der Waals surface area contributed by atoms with E-state index in [1.807, 2.05) is 0 Å². The van der Waals surface area contributed by atoms with Gasteiger partial charge in [0, 0.05) is 32.4 Å². The summed E-state index contributed by atoms with van der Waals surface area (Å²) in [7, 11) is 0.728. The van der Waals surface area contributed by atoms with E-state index in [1.54, 1.807) is 24.1 Å². The van der Waals surface area contributed by atoms with E-state index in [9.17, 15) is 12.8 Å². The lowest BCUT2D eigenvalue weighted by molar-refractivity contribution is 0.385. The van der Waals surface area contributed by atoms with Gasteiger partial charge in [0.15, 0.2) is 11.6 Å². The molecular weight excluding hydrogens is 297 g/mol. The molecule has 8 heteroatoms. The third-order valence-corrected chi connectivity index (χ3v) is 4.79. The smallest absolute Gasteiger partial charge is 0.243 e. The molecule has 0 fully saturated rings. The van der Waals surface area contributed by atoms with E-state index in [-0.39, 0.29) is 17.2 Å². The average molecular weight is 313 g/mol. The number of sulfonamides is 1. The van der Waals surface area contributed by atoms with Crippen LogP contribution in [0.5, 0.6) is 5.75 Å². The molecule has 2 rings (SSSR count). The molecular formula is C13H16FN3O3S. The molecule has 6 nitrogen and oxygen atoms in total. The lowest BCUT2D eigenvalue weighted by atomic mass is 10.3. The minimum absolute atomic E-state index is 0.00358. The molecule has 0 saturated carbocycles. The first-order chi connectivity index (χ1) is 9.84. The zero-order chi connectivity index (χ0) is 15.6.